The van der Waals surface area contributed by atoms with Crippen LogP contribution in [0.2, 0.25) is 0 Å². The highest BCUT2D eigenvalue weighted by Crippen LogP contribution is 2.14. The van der Waals surface area contributed by atoms with Gasteiger partial charge in [0, 0.05) is 45.3 Å². The molecule has 1 unspecified atom stereocenters. The quantitative estimate of drug-likeness (QED) is 0.565. The molecule has 4 heteroatoms. The number of rotatable bonds is 2. The number of likely N-dealkylation sites (tertiary alicyclic amines) is 1. The van der Waals surface area contributed by atoms with Gasteiger partial charge >= 0.3 is 0 Å². The lowest BCUT2D eigenvalue weighted by atomic mass is 10.2. The van der Waals surface area contributed by atoms with Crippen LogP contribution in [0.1, 0.15) is 6.42 Å². The van der Waals surface area contributed by atoms with Crippen LogP contribution >= 0.6 is 0 Å². The molecular weight excluding hydrogens is 166 g/mol. The van der Waals surface area contributed by atoms with E-state index in [1.165, 1.54) is 0 Å². The number of carbonyl (C=O) groups excluding carboxylic acids is 1. The molecule has 13 heavy (non-hydrogen) atoms. The van der Waals surface area contributed by atoms with E-state index in [1.54, 1.807) is 0 Å². The molecule has 2 fully saturated rings. The van der Waals surface area contributed by atoms with Crippen LogP contribution in [0.5, 0.6) is 0 Å². The fourth-order valence-corrected chi connectivity index (χ4v) is 2.21. The maximum absolute atomic E-state index is 10.5. The van der Waals surface area contributed by atoms with Gasteiger partial charge in [-0.3, -0.25) is 9.69 Å². The maximum Gasteiger partial charge on any atom is 0.209 e. The van der Waals surface area contributed by atoms with E-state index < -0.39 is 0 Å². The topological polar surface area (TPSA) is 35.6 Å². The summed E-state index contributed by atoms with van der Waals surface area (Å²) in [6.45, 7) is 6.34. The molecule has 1 N–H and O–H groups in total. The molecule has 0 aromatic heterocycles. The highest BCUT2D eigenvalue weighted by atomic mass is 16.1. The highest BCUT2D eigenvalue weighted by Gasteiger charge is 2.27. The van der Waals surface area contributed by atoms with Crippen LogP contribution < -0.4 is 5.32 Å². The van der Waals surface area contributed by atoms with Crippen molar-refractivity contribution in [3.05, 3.63) is 0 Å². The Morgan fingerprint density at radius 3 is 2.62 bits per heavy atom. The molecule has 0 aromatic rings. The van der Waals surface area contributed by atoms with Crippen LogP contribution in [-0.2, 0) is 4.79 Å². The van der Waals surface area contributed by atoms with Crippen molar-refractivity contribution in [1.82, 2.24) is 15.1 Å². The van der Waals surface area contributed by atoms with Gasteiger partial charge in [0.1, 0.15) is 0 Å². The van der Waals surface area contributed by atoms with Crippen LogP contribution in [0.15, 0.2) is 0 Å². The van der Waals surface area contributed by atoms with Crippen molar-refractivity contribution in [2.45, 2.75) is 12.5 Å². The molecular formula is C9H17N3O. The Bertz CT molecular complexity index is 180. The Hall–Kier alpha value is -0.610. The smallest absolute Gasteiger partial charge is 0.209 e. The van der Waals surface area contributed by atoms with Gasteiger partial charge in [-0.15, -0.1) is 0 Å². The van der Waals surface area contributed by atoms with Gasteiger partial charge in [-0.05, 0) is 6.42 Å². The summed E-state index contributed by atoms with van der Waals surface area (Å²) >= 11 is 0. The van der Waals surface area contributed by atoms with Crippen molar-refractivity contribution < 1.29 is 4.79 Å². The monoisotopic (exact) mass is 183 g/mol. The SMILES string of the molecule is O=CN1CCC(N2CCNCC2)C1. The lowest BCUT2D eigenvalue weighted by Gasteiger charge is -2.32. The molecule has 0 radical (unpaired) electrons. The fraction of sp³-hybridized carbons (Fsp3) is 0.889. The molecule has 0 bridgehead atoms. The molecule has 74 valence electrons. The predicted octanol–water partition coefficient (Wildman–Crippen LogP) is -0.878. The number of amides is 1. The van der Waals surface area contributed by atoms with Crippen LogP contribution in [0.3, 0.4) is 0 Å². The molecule has 0 aromatic carbocycles. The fourth-order valence-electron chi connectivity index (χ4n) is 2.21. The Balaban J connectivity index is 1.83. The lowest BCUT2D eigenvalue weighted by Crippen LogP contribution is -2.49. The predicted molar refractivity (Wildman–Crippen MR) is 50.5 cm³/mol. The Morgan fingerprint density at radius 1 is 1.23 bits per heavy atom. The van der Waals surface area contributed by atoms with Crippen molar-refractivity contribution >= 4 is 6.41 Å². The first-order valence-corrected chi connectivity index (χ1v) is 5.04. The second kappa shape index (κ2) is 4.07. The third kappa shape index (κ3) is 2.00. The molecule has 0 spiro atoms. The number of nitrogens with one attached hydrogen (secondary N) is 1. The van der Waals surface area contributed by atoms with Crippen molar-refractivity contribution in [3.63, 3.8) is 0 Å². The van der Waals surface area contributed by atoms with Gasteiger partial charge in [-0.1, -0.05) is 0 Å². The Morgan fingerprint density at radius 2 is 2.00 bits per heavy atom. The number of hydrogen-bond acceptors (Lipinski definition) is 3. The number of piperazine rings is 1. The van der Waals surface area contributed by atoms with Crippen molar-refractivity contribution in [3.8, 4) is 0 Å². The summed E-state index contributed by atoms with van der Waals surface area (Å²) < 4.78 is 0. The summed E-state index contributed by atoms with van der Waals surface area (Å²) in [4.78, 5) is 14.9. The zero-order chi connectivity index (χ0) is 9.10. The largest absolute Gasteiger partial charge is 0.344 e. The third-order valence-corrected chi connectivity index (χ3v) is 3.01. The molecule has 1 amide bonds. The maximum atomic E-state index is 10.5. The molecule has 0 aliphatic carbocycles. The standard InChI is InChI=1S/C9H17N3O/c13-8-11-4-1-9(7-11)12-5-2-10-3-6-12/h8-10H,1-7H2. The second-order valence-corrected chi connectivity index (χ2v) is 3.83. The van der Waals surface area contributed by atoms with Gasteiger partial charge in [0.15, 0.2) is 0 Å². The van der Waals surface area contributed by atoms with E-state index in [0.717, 1.165) is 52.1 Å². The van der Waals surface area contributed by atoms with Gasteiger partial charge in [0.05, 0.1) is 0 Å². The van der Waals surface area contributed by atoms with E-state index >= 15 is 0 Å². The molecule has 2 heterocycles. The average Bonchev–Trinajstić information content (AvgIpc) is 2.67. The summed E-state index contributed by atoms with van der Waals surface area (Å²) in [6, 6.07) is 0.618. The molecule has 2 aliphatic heterocycles. The molecule has 4 nitrogen and oxygen atoms in total. The van der Waals surface area contributed by atoms with Crippen molar-refractivity contribution in [1.29, 1.82) is 0 Å². The van der Waals surface area contributed by atoms with Gasteiger partial charge in [-0.25, -0.2) is 0 Å². The van der Waals surface area contributed by atoms with E-state index in [4.69, 9.17) is 0 Å². The Labute approximate surface area is 78.9 Å². The summed E-state index contributed by atoms with van der Waals surface area (Å²) in [5, 5.41) is 3.34. The minimum Gasteiger partial charge on any atom is -0.344 e. The number of nitrogens with zero attached hydrogens (tertiary/aromatic N) is 2. The summed E-state index contributed by atoms with van der Waals surface area (Å²) in [6.07, 6.45) is 2.13. The lowest BCUT2D eigenvalue weighted by molar-refractivity contribution is -0.117. The molecule has 2 aliphatic rings. The molecule has 1 atom stereocenters. The summed E-state index contributed by atoms with van der Waals surface area (Å²) in [5.41, 5.74) is 0. The number of carbonyl (C=O) groups is 1. The summed E-state index contributed by atoms with van der Waals surface area (Å²) in [5.74, 6) is 0. The normalized spacial score (nSPS) is 30.8. The Kier molecular flexibility index (Phi) is 2.80. The van der Waals surface area contributed by atoms with Gasteiger partial charge in [-0.2, -0.15) is 0 Å². The van der Waals surface area contributed by atoms with Crippen LogP contribution in [-0.4, -0.2) is 61.5 Å². The van der Waals surface area contributed by atoms with E-state index in [1.807, 2.05) is 4.90 Å². The highest BCUT2D eigenvalue weighted by molar-refractivity contribution is 5.47. The molecule has 0 saturated carbocycles. The second-order valence-electron chi connectivity index (χ2n) is 3.83. The van der Waals surface area contributed by atoms with Gasteiger partial charge < -0.3 is 10.2 Å². The summed E-state index contributed by atoms with van der Waals surface area (Å²) in [7, 11) is 0. The van der Waals surface area contributed by atoms with E-state index in [9.17, 15) is 4.79 Å². The van der Waals surface area contributed by atoms with Crippen molar-refractivity contribution in [2.24, 2.45) is 0 Å². The zero-order valence-electron chi connectivity index (χ0n) is 7.91. The van der Waals surface area contributed by atoms with Gasteiger partial charge in [0.2, 0.25) is 6.41 Å². The zero-order valence-corrected chi connectivity index (χ0v) is 7.91. The minimum absolute atomic E-state index is 0.618. The van der Waals surface area contributed by atoms with Crippen molar-refractivity contribution in [2.75, 3.05) is 39.3 Å². The molecule has 2 saturated heterocycles. The average molecular weight is 183 g/mol. The van der Waals surface area contributed by atoms with Gasteiger partial charge in [0.25, 0.3) is 0 Å². The first kappa shape index (κ1) is 8.97. The van der Waals surface area contributed by atoms with Crippen LogP contribution in [0.4, 0.5) is 0 Å². The van der Waals surface area contributed by atoms with E-state index in [-0.39, 0.29) is 0 Å². The van der Waals surface area contributed by atoms with Crippen LogP contribution in [0, 0.1) is 0 Å². The van der Waals surface area contributed by atoms with E-state index in [0.29, 0.717) is 6.04 Å². The first-order chi connectivity index (χ1) is 6.40. The minimum atomic E-state index is 0.618. The molecule has 2 rings (SSSR count). The third-order valence-electron chi connectivity index (χ3n) is 3.01. The van der Waals surface area contributed by atoms with Crippen LogP contribution in [0.25, 0.3) is 0 Å². The first-order valence-electron chi connectivity index (χ1n) is 5.04. The van der Waals surface area contributed by atoms with E-state index in [2.05, 4.69) is 10.2 Å². The number of hydrogen-bond donors (Lipinski definition) is 1.